The number of allylic oxidation sites excluding steroid dienone is 3. The molecule has 6 heteroatoms. The predicted octanol–water partition coefficient (Wildman–Crippen LogP) is 4.43. The summed E-state index contributed by atoms with van der Waals surface area (Å²) in [6, 6.07) is 6.97. The monoisotopic (exact) mass is 358 g/mol. The molecule has 0 spiro atoms. The van der Waals surface area contributed by atoms with Crippen molar-refractivity contribution >= 4 is 47.2 Å². The number of carbonyl (C=O) groups excluding carboxylic acids is 2. The van der Waals surface area contributed by atoms with Gasteiger partial charge in [0, 0.05) is 11.5 Å². The summed E-state index contributed by atoms with van der Waals surface area (Å²) in [6.07, 6.45) is 8.94. The van der Waals surface area contributed by atoms with Gasteiger partial charge in [-0.1, -0.05) is 0 Å². The molecule has 0 N–H and O–H groups in total. The molecule has 0 aliphatic carbocycles. The SMILES string of the molecule is O=C(/C=C/c1ccco1)C(C(=O)/C=C/c1ccco1)=C1SCCS1. The van der Waals surface area contributed by atoms with Crippen molar-refractivity contribution < 1.29 is 18.4 Å². The maximum atomic E-state index is 12.5. The Morgan fingerprint density at radius 1 is 0.875 bits per heavy atom. The highest BCUT2D eigenvalue weighted by Gasteiger charge is 2.23. The Morgan fingerprint density at radius 2 is 1.38 bits per heavy atom. The smallest absolute Gasteiger partial charge is 0.191 e. The van der Waals surface area contributed by atoms with Gasteiger partial charge in [-0.25, -0.2) is 0 Å². The molecule has 0 radical (unpaired) electrons. The molecule has 3 heterocycles. The molecule has 2 aromatic rings. The summed E-state index contributed by atoms with van der Waals surface area (Å²) in [6.45, 7) is 0. The molecule has 3 rings (SSSR count). The number of thioether (sulfide) groups is 2. The Bertz CT molecular complexity index is 730. The van der Waals surface area contributed by atoms with Crippen LogP contribution < -0.4 is 0 Å². The van der Waals surface area contributed by atoms with Crippen molar-refractivity contribution in [1.29, 1.82) is 0 Å². The molecule has 0 saturated carbocycles. The van der Waals surface area contributed by atoms with Crippen LogP contribution in [0, 0.1) is 0 Å². The Hall–Kier alpha value is -2.18. The van der Waals surface area contributed by atoms with Gasteiger partial charge in [0.1, 0.15) is 11.5 Å². The maximum Gasteiger partial charge on any atom is 0.191 e. The van der Waals surface area contributed by atoms with E-state index in [1.165, 1.54) is 24.7 Å². The van der Waals surface area contributed by atoms with Crippen LogP contribution in [0.5, 0.6) is 0 Å². The molecule has 1 aliphatic rings. The molecule has 122 valence electrons. The molecule has 4 nitrogen and oxygen atoms in total. The Kier molecular flexibility index (Phi) is 5.61. The fraction of sp³-hybridized carbons (Fsp3) is 0.111. The van der Waals surface area contributed by atoms with Gasteiger partial charge in [0.25, 0.3) is 0 Å². The Morgan fingerprint density at radius 3 is 1.79 bits per heavy atom. The molecular weight excluding hydrogens is 344 g/mol. The van der Waals surface area contributed by atoms with Gasteiger partial charge in [-0.05, 0) is 48.6 Å². The number of hydrogen-bond acceptors (Lipinski definition) is 6. The number of ketones is 2. The normalized spacial score (nSPS) is 14.8. The first-order chi connectivity index (χ1) is 11.7. The van der Waals surface area contributed by atoms with E-state index in [9.17, 15) is 9.59 Å². The maximum absolute atomic E-state index is 12.5. The molecule has 0 bridgehead atoms. The van der Waals surface area contributed by atoms with E-state index >= 15 is 0 Å². The van der Waals surface area contributed by atoms with E-state index < -0.39 is 0 Å². The van der Waals surface area contributed by atoms with E-state index in [1.54, 1.807) is 59.9 Å². The number of furan rings is 2. The van der Waals surface area contributed by atoms with Crippen LogP contribution in [0.15, 0.2) is 67.6 Å². The third kappa shape index (κ3) is 4.21. The largest absolute Gasteiger partial charge is 0.465 e. The van der Waals surface area contributed by atoms with Gasteiger partial charge in [0.05, 0.1) is 22.3 Å². The summed E-state index contributed by atoms with van der Waals surface area (Å²) < 4.78 is 11.1. The van der Waals surface area contributed by atoms with Gasteiger partial charge < -0.3 is 8.83 Å². The molecule has 2 aromatic heterocycles. The average molecular weight is 358 g/mol. The lowest BCUT2D eigenvalue weighted by Crippen LogP contribution is -2.10. The number of carbonyl (C=O) groups is 2. The van der Waals surface area contributed by atoms with Crippen molar-refractivity contribution in [2.24, 2.45) is 0 Å². The van der Waals surface area contributed by atoms with Crippen LogP contribution in [0.2, 0.25) is 0 Å². The summed E-state index contributed by atoms with van der Waals surface area (Å²) in [7, 11) is 0. The number of rotatable bonds is 6. The van der Waals surface area contributed by atoms with Crippen molar-refractivity contribution in [3.05, 3.63) is 70.3 Å². The summed E-state index contributed by atoms with van der Waals surface area (Å²) in [5.41, 5.74) is 0.202. The van der Waals surface area contributed by atoms with Crippen LogP contribution in [0.4, 0.5) is 0 Å². The first-order valence-electron chi connectivity index (χ1n) is 7.26. The second kappa shape index (κ2) is 8.08. The summed E-state index contributed by atoms with van der Waals surface area (Å²) in [5.74, 6) is 2.28. The molecule has 1 saturated heterocycles. The Labute approximate surface area is 147 Å². The lowest BCUT2D eigenvalue weighted by atomic mass is 10.1. The second-order valence-electron chi connectivity index (χ2n) is 4.79. The van der Waals surface area contributed by atoms with E-state index in [0.29, 0.717) is 11.5 Å². The van der Waals surface area contributed by atoms with Crippen LogP contribution in [-0.4, -0.2) is 23.1 Å². The fourth-order valence-corrected chi connectivity index (χ4v) is 4.59. The molecule has 0 aromatic carbocycles. The minimum atomic E-state index is -0.322. The van der Waals surface area contributed by atoms with Gasteiger partial charge in [-0.3, -0.25) is 9.59 Å². The van der Waals surface area contributed by atoms with E-state index in [-0.39, 0.29) is 17.1 Å². The van der Waals surface area contributed by atoms with Crippen LogP contribution >= 0.6 is 23.5 Å². The van der Waals surface area contributed by atoms with E-state index in [0.717, 1.165) is 15.7 Å². The van der Waals surface area contributed by atoms with Gasteiger partial charge in [0.15, 0.2) is 11.6 Å². The van der Waals surface area contributed by atoms with Crippen molar-refractivity contribution in [3.8, 4) is 0 Å². The van der Waals surface area contributed by atoms with Crippen molar-refractivity contribution in [2.75, 3.05) is 11.5 Å². The summed E-state index contributed by atoms with van der Waals surface area (Å²) in [4.78, 5) is 25.1. The van der Waals surface area contributed by atoms with Crippen molar-refractivity contribution in [3.63, 3.8) is 0 Å². The Balaban J connectivity index is 1.82. The highest BCUT2D eigenvalue weighted by Crippen LogP contribution is 2.39. The zero-order valence-electron chi connectivity index (χ0n) is 12.6. The zero-order chi connectivity index (χ0) is 16.8. The number of hydrogen-bond donors (Lipinski definition) is 0. The molecule has 0 unspecified atom stereocenters. The fourth-order valence-electron chi connectivity index (χ4n) is 2.03. The quantitative estimate of drug-likeness (QED) is 0.432. The van der Waals surface area contributed by atoms with Crippen LogP contribution in [0.3, 0.4) is 0 Å². The first-order valence-corrected chi connectivity index (χ1v) is 9.23. The first kappa shape index (κ1) is 16.7. The van der Waals surface area contributed by atoms with Crippen LogP contribution in [-0.2, 0) is 9.59 Å². The molecule has 1 fully saturated rings. The third-order valence-corrected chi connectivity index (χ3v) is 5.85. The molecule has 0 atom stereocenters. The minimum Gasteiger partial charge on any atom is -0.465 e. The average Bonchev–Trinajstić information content (AvgIpc) is 3.34. The standard InChI is InChI=1S/C18H14O4S2/c19-15(7-5-13-3-1-9-21-13)17(18-23-11-12-24-18)16(20)8-6-14-4-2-10-22-14/h1-10H,11-12H2/b7-5+,8-6+. The van der Waals surface area contributed by atoms with E-state index in [1.807, 2.05) is 0 Å². The zero-order valence-corrected chi connectivity index (χ0v) is 14.3. The lowest BCUT2D eigenvalue weighted by molar-refractivity contribution is -0.116. The van der Waals surface area contributed by atoms with Gasteiger partial charge >= 0.3 is 0 Å². The van der Waals surface area contributed by atoms with Gasteiger partial charge in [0.2, 0.25) is 0 Å². The van der Waals surface area contributed by atoms with Gasteiger partial charge in [-0.15, -0.1) is 23.5 Å². The highest BCUT2D eigenvalue weighted by atomic mass is 32.2. The molecular formula is C18H14O4S2. The molecule has 1 aliphatic heterocycles. The molecule has 24 heavy (non-hydrogen) atoms. The predicted molar refractivity (Wildman–Crippen MR) is 97.4 cm³/mol. The minimum absolute atomic E-state index is 0.202. The summed E-state index contributed by atoms with van der Waals surface area (Å²) >= 11 is 3.08. The van der Waals surface area contributed by atoms with Crippen molar-refractivity contribution in [2.45, 2.75) is 0 Å². The van der Waals surface area contributed by atoms with Crippen LogP contribution in [0.1, 0.15) is 11.5 Å². The van der Waals surface area contributed by atoms with E-state index in [2.05, 4.69) is 0 Å². The third-order valence-electron chi connectivity index (χ3n) is 3.13. The highest BCUT2D eigenvalue weighted by molar-refractivity contribution is 8.25. The van der Waals surface area contributed by atoms with Crippen LogP contribution in [0.25, 0.3) is 12.2 Å². The topological polar surface area (TPSA) is 60.4 Å². The summed E-state index contributed by atoms with van der Waals surface area (Å²) in [5, 5.41) is 0. The van der Waals surface area contributed by atoms with Gasteiger partial charge in [-0.2, -0.15) is 0 Å². The lowest BCUT2D eigenvalue weighted by Gasteiger charge is -2.03. The van der Waals surface area contributed by atoms with Crippen molar-refractivity contribution in [1.82, 2.24) is 0 Å². The second-order valence-corrected chi connectivity index (χ2v) is 7.25. The molecule has 0 amide bonds. The van der Waals surface area contributed by atoms with E-state index in [4.69, 9.17) is 8.83 Å².